The zero-order chi connectivity index (χ0) is 21.6. The molecule has 2 aromatic carbocycles. The second-order valence-corrected chi connectivity index (χ2v) is 7.27. The van der Waals surface area contributed by atoms with Gasteiger partial charge in [0, 0.05) is 38.3 Å². The van der Waals surface area contributed by atoms with Crippen LogP contribution in [0.15, 0.2) is 59.2 Å². The fourth-order valence-corrected chi connectivity index (χ4v) is 3.40. The number of aromatic nitrogens is 1. The van der Waals surface area contributed by atoms with Gasteiger partial charge in [-0.25, -0.2) is 9.37 Å². The third-order valence-electron chi connectivity index (χ3n) is 5.18. The van der Waals surface area contributed by atoms with E-state index in [1.54, 1.807) is 18.3 Å². The quantitative estimate of drug-likeness (QED) is 0.579. The Labute approximate surface area is 180 Å². The highest BCUT2D eigenvalue weighted by molar-refractivity contribution is 5.77. The molecule has 3 aromatic rings. The van der Waals surface area contributed by atoms with Crippen molar-refractivity contribution < 1.29 is 23.1 Å². The highest BCUT2D eigenvalue weighted by Gasteiger charge is 2.22. The molecule has 0 aliphatic carbocycles. The minimum Gasteiger partial charge on any atom is -0.497 e. The van der Waals surface area contributed by atoms with Crippen molar-refractivity contribution in [3.05, 3.63) is 66.3 Å². The largest absolute Gasteiger partial charge is 0.497 e. The zero-order valence-corrected chi connectivity index (χ0v) is 17.3. The molecule has 0 radical (unpaired) electrons. The molecule has 7 nitrogen and oxygen atoms in total. The van der Waals surface area contributed by atoms with Crippen molar-refractivity contribution in [3.8, 4) is 23.0 Å². The number of oxazole rings is 1. The van der Waals surface area contributed by atoms with E-state index in [1.165, 1.54) is 24.3 Å². The van der Waals surface area contributed by atoms with Crippen LogP contribution >= 0.6 is 0 Å². The minimum absolute atomic E-state index is 0.0554. The first-order valence-electron chi connectivity index (χ1n) is 10.1. The maximum absolute atomic E-state index is 12.9. The Morgan fingerprint density at radius 1 is 1.03 bits per heavy atom. The lowest BCUT2D eigenvalue weighted by Gasteiger charge is -2.34. The van der Waals surface area contributed by atoms with E-state index in [9.17, 15) is 9.18 Å². The summed E-state index contributed by atoms with van der Waals surface area (Å²) in [6.45, 7) is 3.33. The molecule has 0 bridgehead atoms. The monoisotopic (exact) mass is 425 g/mol. The van der Waals surface area contributed by atoms with Crippen LogP contribution in [0.3, 0.4) is 0 Å². The summed E-state index contributed by atoms with van der Waals surface area (Å²) < 4.78 is 29.2. The Morgan fingerprint density at radius 3 is 2.39 bits per heavy atom. The number of carbonyl (C=O) groups is 1. The zero-order valence-electron chi connectivity index (χ0n) is 17.3. The topological polar surface area (TPSA) is 68.0 Å². The van der Waals surface area contributed by atoms with Gasteiger partial charge < -0.3 is 18.8 Å². The van der Waals surface area contributed by atoms with Crippen molar-refractivity contribution in [2.24, 2.45) is 0 Å². The van der Waals surface area contributed by atoms with E-state index in [0.717, 1.165) is 30.1 Å². The molecule has 1 aliphatic rings. The molecule has 1 aliphatic heterocycles. The molecule has 2 heterocycles. The van der Waals surface area contributed by atoms with Crippen LogP contribution in [0.5, 0.6) is 11.5 Å². The van der Waals surface area contributed by atoms with Gasteiger partial charge in [-0.3, -0.25) is 9.69 Å². The first-order valence-corrected chi connectivity index (χ1v) is 10.1. The van der Waals surface area contributed by atoms with E-state index >= 15 is 0 Å². The molecule has 1 saturated heterocycles. The van der Waals surface area contributed by atoms with Gasteiger partial charge in [-0.15, -0.1) is 0 Å². The van der Waals surface area contributed by atoms with E-state index in [-0.39, 0.29) is 18.3 Å². The molecule has 0 saturated carbocycles. The average Bonchev–Trinajstić information content (AvgIpc) is 3.27. The van der Waals surface area contributed by atoms with Gasteiger partial charge >= 0.3 is 0 Å². The van der Waals surface area contributed by atoms with E-state index in [4.69, 9.17) is 13.9 Å². The van der Waals surface area contributed by atoms with Crippen molar-refractivity contribution >= 4 is 5.91 Å². The lowest BCUT2D eigenvalue weighted by atomic mass is 10.2. The van der Waals surface area contributed by atoms with Gasteiger partial charge in [-0.2, -0.15) is 0 Å². The first-order chi connectivity index (χ1) is 15.1. The number of amides is 1. The van der Waals surface area contributed by atoms with Crippen molar-refractivity contribution in [1.29, 1.82) is 0 Å². The van der Waals surface area contributed by atoms with Crippen molar-refractivity contribution in [3.63, 3.8) is 0 Å². The maximum atomic E-state index is 12.9. The van der Waals surface area contributed by atoms with Crippen LogP contribution in [0.2, 0.25) is 0 Å². The van der Waals surface area contributed by atoms with Crippen LogP contribution in [-0.4, -0.2) is 60.6 Å². The van der Waals surface area contributed by atoms with Gasteiger partial charge in [0.2, 0.25) is 5.89 Å². The number of hydrogen-bond donors (Lipinski definition) is 0. The summed E-state index contributed by atoms with van der Waals surface area (Å²) in [6.07, 6.45) is 1.67. The van der Waals surface area contributed by atoms with Crippen molar-refractivity contribution in [2.75, 3.05) is 39.9 Å². The highest BCUT2D eigenvalue weighted by Crippen LogP contribution is 2.22. The van der Waals surface area contributed by atoms with Gasteiger partial charge in [-0.05, 0) is 48.5 Å². The number of rotatable bonds is 7. The van der Waals surface area contributed by atoms with E-state index < -0.39 is 0 Å². The van der Waals surface area contributed by atoms with Crippen LogP contribution in [0.1, 0.15) is 5.69 Å². The molecule has 4 rings (SSSR count). The Morgan fingerprint density at radius 2 is 1.71 bits per heavy atom. The molecular weight excluding hydrogens is 401 g/mol. The lowest BCUT2D eigenvalue weighted by Crippen LogP contribution is -2.49. The molecule has 0 N–H and O–H groups in total. The first kappa shape index (κ1) is 20.9. The van der Waals surface area contributed by atoms with E-state index in [0.29, 0.717) is 31.3 Å². The molecule has 1 fully saturated rings. The van der Waals surface area contributed by atoms with E-state index in [1.807, 2.05) is 24.3 Å². The van der Waals surface area contributed by atoms with E-state index in [2.05, 4.69) is 9.88 Å². The van der Waals surface area contributed by atoms with Crippen LogP contribution in [0, 0.1) is 5.82 Å². The van der Waals surface area contributed by atoms with Gasteiger partial charge in [0.25, 0.3) is 5.91 Å². The van der Waals surface area contributed by atoms with Gasteiger partial charge in [0.15, 0.2) is 6.61 Å². The van der Waals surface area contributed by atoms with Crippen LogP contribution in [-0.2, 0) is 11.3 Å². The molecule has 0 atom stereocenters. The number of methoxy groups -OCH3 is 1. The number of carbonyl (C=O) groups excluding carboxylic acids is 1. The Bertz CT molecular complexity index is 996. The summed E-state index contributed by atoms with van der Waals surface area (Å²) in [6, 6.07) is 13.2. The number of halogens is 1. The Hall–Kier alpha value is -3.39. The lowest BCUT2D eigenvalue weighted by molar-refractivity contribution is -0.135. The minimum atomic E-state index is -0.335. The van der Waals surface area contributed by atoms with Crippen LogP contribution in [0.25, 0.3) is 11.5 Å². The smallest absolute Gasteiger partial charge is 0.260 e. The molecule has 31 heavy (non-hydrogen) atoms. The number of piperazine rings is 1. The van der Waals surface area contributed by atoms with Crippen molar-refractivity contribution in [1.82, 2.24) is 14.8 Å². The number of nitrogens with zero attached hydrogens (tertiary/aromatic N) is 3. The van der Waals surface area contributed by atoms with Gasteiger partial charge in [0.05, 0.1) is 12.8 Å². The van der Waals surface area contributed by atoms with Gasteiger partial charge in [-0.1, -0.05) is 0 Å². The summed E-state index contributed by atoms with van der Waals surface area (Å²) in [4.78, 5) is 21.0. The second-order valence-electron chi connectivity index (χ2n) is 7.27. The summed E-state index contributed by atoms with van der Waals surface area (Å²) >= 11 is 0. The van der Waals surface area contributed by atoms with Crippen LogP contribution in [0.4, 0.5) is 4.39 Å². The summed E-state index contributed by atoms with van der Waals surface area (Å²) in [5, 5.41) is 0. The van der Waals surface area contributed by atoms with Gasteiger partial charge in [0.1, 0.15) is 23.6 Å². The molecule has 1 aromatic heterocycles. The summed E-state index contributed by atoms with van der Waals surface area (Å²) in [5.41, 5.74) is 1.74. The van der Waals surface area contributed by atoms with Crippen LogP contribution < -0.4 is 9.47 Å². The fourth-order valence-electron chi connectivity index (χ4n) is 3.40. The predicted molar refractivity (Wildman–Crippen MR) is 112 cm³/mol. The Kier molecular flexibility index (Phi) is 6.47. The predicted octanol–water partition coefficient (Wildman–Crippen LogP) is 3.21. The number of benzene rings is 2. The molecule has 8 heteroatoms. The number of ether oxygens (including phenoxy) is 2. The second kappa shape index (κ2) is 9.61. The SMILES string of the molecule is COc1ccc(-c2nc(CN3CCN(C(=O)COc4ccc(F)cc4)CC3)co2)cc1. The molecule has 0 unspecified atom stereocenters. The molecular formula is C23H24FN3O4. The summed E-state index contributed by atoms with van der Waals surface area (Å²) in [5.74, 6) is 1.42. The normalized spacial score (nSPS) is 14.5. The standard InChI is InChI=1S/C23H24FN3O4/c1-29-20-6-2-17(3-7-20)23-25-19(15-31-23)14-26-10-12-27(13-11-26)22(28)16-30-21-8-4-18(24)5-9-21/h2-9,15H,10-14,16H2,1H3. The third-order valence-corrected chi connectivity index (χ3v) is 5.18. The third kappa shape index (κ3) is 5.40. The average molecular weight is 425 g/mol. The molecule has 1 amide bonds. The molecule has 0 spiro atoms. The number of hydrogen-bond acceptors (Lipinski definition) is 6. The maximum Gasteiger partial charge on any atom is 0.260 e. The fraction of sp³-hybridized carbons (Fsp3) is 0.304. The van der Waals surface area contributed by atoms with Crippen molar-refractivity contribution in [2.45, 2.75) is 6.54 Å². The Balaban J connectivity index is 1.24. The molecule has 162 valence electrons. The summed E-state index contributed by atoms with van der Waals surface area (Å²) in [7, 11) is 1.63. The highest BCUT2D eigenvalue weighted by atomic mass is 19.1.